The number of benzene rings is 2. The SMILES string of the molecule is NCc1cccc(NC(=O)CCc2ccc(O)cc2)c1. The van der Waals surface area contributed by atoms with Crippen LogP contribution in [-0.2, 0) is 17.8 Å². The quantitative estimate of drug-likeness (QED) is 0.781. The van der Waals surface area contributed by atoms with Crippen molar-refractivity contribution in [1.29, 1.82) is 0 Å². The van der Waals surface area contributed by atoms with Gasteiger partial charge in [-0.1, -0.05) is 24.3 Å². The standard InChI is InChI=1S/C16H18N2O2/c17-11-13-2-1-3-14(10-13)18-16(20)9-6-12-4-7-15(19)8-5-12/h1-5,7-8,10,19H,6,9,11,17H2,(H,18,20). The molecule has 20 heavy (non-hydrogen) atoms. The van der Waals surface area contributed by atoms with Crippen LogP contribution in [0, 0.1) is 0 Å². The molecule has 4 heteroatoms. The summed E-state index contributed by atoms with van der Waals surface area (Å²) < 4.78 is 0. The van der Waals surface area contributed by atoms with Gasteiger partial charge in [0.2, 0.25) is 5.91 Å². The Hall–Kier alpha value is -2.33. The molecule has 0 bridgehead atoms. The number of anilines is 1. The number of carbonyl (C=O) groups excluding carboxylic acids is 1. The summed E-state index contributed by atoms with van der Waals surface area (Å²) in [5, 5.41) is 12.0. The molecule has 0 saturated carbocycles. The summed E-state index contributed by atoms with van der Waals surface area (Å²) in [6.07, 6.45) is 1.04. The third-order valence-corrected chi connectivity index (χ3v) is 3.02. The number of hydrogen-bond donors (Lipinski definition) is 3. The zero-order valence-electron chi connectivity index (χ0n) is 11.2. The van der Waals surface area contributed by atoms with E-state index >= 15 is 0 Å². The van der Waals surface area contributed by atoms with Crippen LogP contribution in [0.3, 0.4) is 0 Å². The van der Waals surface area contributed by atoms with Gasteiger partial charge in [0.25, 0.3) is 0 Å². The van der Waals surface area contributed by atoms with E-state index in [-0.39, 0.29) is 11.7 Å². The molecule has 0 fully saturated rings. The Morgan fingerprint density at radius 3 is 2.55 bits per heavy atom. The van der Waals surface area contributed by atoms with E-state index < -0.39 is 0 Å². The molecule has 2 aromatic rings. The van der Waals surface area contributed by atoms with Gasteiger partial charge in [0.1, 0.15) is 5.75 Å². The number of rotatable bonds is 5. The number of aromatic hydroxyl groups is 1. The van der Waals surface area contributed by atoms with Gasteiger partial charge in [-0.05, 0) is 41.8 Å². The van der Waals surface area contributed by atoms with Crippen molar-refractivity contribution in [2.45, 2.75) is 19.4 Å². The van der Waals surface area contributed by atoms with E-state index in [2.05, 4.69) is 5.32 Å². The van der Waals surface area contributed by atoms with Crippen molar-refractivity contribution in [3.63, 3.8) is 0 Å². The Kier molecular flexibility index (Phi) is 4.74. The highest BCUT2D eigenvalue weighted by molar-refractivity contribution is 5.90. The molecule has 0 unspecified atom stereocenters. The molecule has 4 N–H and O–H groups in total. The Bertz CT molecular complexity index is 579. The molecule has 0 aliphatic heterocycles. The van der Waals surface area contributed by atoms with Crippen LogP contribution in [0.5, 0.6) is 5.75 Å². The summed E-state index contributed by atoms with van der Waals surface area (Å²) in [6.45, 7) is 0.456. The zero-order valence-corrected chi connectivity index (χ0v) is 11.2. The summed E-state index contributed by atoms with van der Waals surface area (Å²) in [4.78, 5) is 11.9. The van der Waals surface area contributed by atoms with Crippen LogP contribution < -0.4 is 11.1 Å². The van der Waals surface area contributed by atoms with Gasteiger partial charge in [-0.15, -0.1) is 0 Å². The molecule has 0 aliphatic rings. The fourth-order valence-electron chi connectivity index (χ4n) is 1.92. The average molecular weight is 270 g/mol. The highest BCUT2D eigenvalue weighted by atomic mass is 16.3. The van der Waals surface area contributed by atoms with E-state index in [1.54, 1.807) is 12.1 Å². The number of nitrogens with one attached hydrogen (secondary N) is 1. The summed E-state index contributed by atoms with van der Waals surface area (Å²) in [5.41, 5.74) is 8.34. The van der Waals surface area contributed by atoms with Crippen LogP contribution >= 0.6 is 0 Å². The predicted molar refractivity (Wildman–Crippen MR) is 79.4 cm³/mol. The van der Waals surface area contributed by atoms with Gasteiger partial charge in [0, 0.05) is 18.7 Å². The number of amides is 1. The van der Waals surface area contributed by atoms with Crippen molar-refractivity contribution in [2.24, 2.45) is 5.73 Å². The van der Waals surface area contributed by atoms with Gasteiger partial charge in [0.15, 0.2) is 0 Å². The van der Waals surface area contributed by atoms with Gasteiger partial charge >= 0.3 is 0 Å². The second kappa shape index (κ2) is 6.73. The van der Waals surface area contributed by atoms with Crippen molar-refractivity contribution in [3.05, 3.63) is 59.7 Å². The van der Waals surface area contributed by atoms with Crippen molar-refractivity contribution in [1.82, 2.24) is 0 Å². The maximum absolute atomic E-state index is 11.9. The molecule has 0 aromatic heterocycles. The lowest BCUT2D eigenvalue weighted by Crippen LogP contribution is -2.12. The smallest absolute Gasteiger partial charge is 0.224 e. The first-order valence-corrected chi connectivity index (χ1v) is 6.54. The van der Waals surface area contributed by atoms with Crippen LogP contribution in [0.15, 0.2) is 48.5 Å². The zero-order chi connectivity index (χ0) is 14.4. The first-order chi connectivity index (χ1) is 9.67. The molecule has 1 amide bonds. The molecule has 0 heterocycles. The van der Waals surface area contributed by atoms with E-state index in [0.717, 1.165) is 16.8 Å². The molecule has 2 rings (SSSR count). The van der Waals surface area contributed by atoms with Gasteiger partial charge in [0.05, 0.1) is 0 Å². The fourth-order valence-corrected chi connectivity index (χ4v) is 1.92. The topological polar surface area (TPSA) is 75.3 Å². The predicted octanol–water partition coefficient (Wildman–Crippen LogP) is 2.42. The lowest BCUT2D eigenvalue weighted by molar-refractivity contribution is -0.116. The molecule has 0 saturated heterocycles. The largest absolute Gasteiger partial charge is 0.508 e. The van der Waals surface area contributed by atoms with Gasteiger partial charge in [-0.25, -0.2) is 0 Å². The maximum atomic E-state index is 11.9. The third-order valence-electron chi connectivity index (χ3n) is 3.02. The minimum atomic E-state index is -0.0350. The molecule has 104 valence electrons. The Labute approximate surface area is 118 Å². The molecule has 0 atom stereocenters. The highest BCUT2D eigenvalue weighted by Gasteiger charge is 2.04. The van der Waals surface area contributed by atoms with Crippen molar-refractivity contribution >= 4 is 11.6 Å². The molecule has 2 aromatic carbocycles. The summed E-state index contributed by atoms with van der Waals surface area (Å²) in [7, 11) is 0. The van der Waals surface area contributed by atoms with E-state index in [9.17, 15) is 9.90 Å². The molecule has 0 spiro atoms. The Balaban J connectivity index is 1.87. The summed E-state index contributed by atoms with van der Waals surface area (Å²) >= 11 is 0. The molecular weight excluding hydrogens is 252 g/mol. The second-order valence-electron chi connectivity index (χ2n) is 4.62. The van der Waals surface area contributed by atoms with Gasteiger partial charge in [-0.2, -0.15) is 0 Å². The highest BCUT2D eigenvalue weighted by Crippen LogP contribution is 2.13. The van der Waals surface area contributed by atoms with Crippen LogP contribution in [0.25, 0.3) is 0 Å². The molecular formula is C16H18N2O2. The number of phenolic OH excluding ortho intramolecular Hbond substituents is 1. The number of phenols is 1. The maximum Gasteiger partial charge on any atom is 0.224 e. The van der Waals surface area contributed by atoms with Gasteiger partial charge in [-0.3, -0.25) is 4.79 Å². The second-order valence-corrected chi connectivity index (χ2v) is 4.62. The van der Waals surface area contributed by atoms with Crippen molar-refractivity contribution < 1.29 is 9.90 Å². The summed E-state index contributed by atoms with van der Waals surface area (Å²) in [5.74, 6) is 0.198. The minimum Gasteiger partial charge on any atom is -0.508 e. The minimum absolute atomic E-state index is 0.0350. The summed E-state index contributed by atoms with van der Waals surface area (Å²) in [6, 6.07) is 14.4. The first kappa shape index (κ1) is 14.1. The van der Waals surface area contributed by atoms with Gasteiger partial charge < -0.3 is 16.2 Å². The number of carbonyl (C=O) groups is 1. The molecule has 0 radical (unpaired) electrons. The number of hydrogen-bond acceptors (Lipinski definition) is 3. The van der Waals surface area contributed by atoms with Crippen molar-refractivity contribution in [2.75, 3.05) is 5.32 Å². The van der Waals surface area contributed by atoms with E-state index in [0.29, 0.717) is 19.4 Å². The Morgan fingerprint density at radius 2 is 1.85 bits per heavy atom. The van der Waals surface area contributed by atoms with Crippen LogP contribution in [0.4, 0.5) is 5.69 Å². The van der Waals surface area contributed by atoms with Crippen molar-refractivity contribution in [3.8, 4) is 5.75 Å². The Morgan fingerprint density at radius 1 is 1.10 bits per heavy atom. The molecule has 0 aliphatic carbocycles. The number of aryl methyl sites for hydroxylation is 1. The lowest BCUT2D eigenvalue weighted by Gasteiger charge is -2.07. The number of nitrogens with two attached hydrogens (primary N) is 1. The van der Waals surface area contributed by atoms with Crippen LogP contribution in [0.1, 0.15) is 17.5 Å². The van der Waals surface area contributed by atoms with E-state index in [4.69, 9.17) is 5.73 Å². The van der Waals surface area contributed by atoms with Crippen LogP contribution in [-0.4, -0.2) is 11.0 Å². The third kappa shape index (κ3) is 4.10. The fraction of sp³-hybridized carbons (Fsp3) is 0.188. The first-order valence-electron chi connectivity index (χ1n) is 6.54. The van der Waals surface area contributed by atoms with E-state index in [1.165, 1.54) is 0 Å². The monoisotopic (exact) mass is 270 g/mol. The normalized spacial score (nSPS) is 10.2. The lowest BCUT2D eigenvalue weighted by atomic mass is 10.1. The van der Waals surface area contributed by atoms with E-state index in [1.807, 2.05) is 36.4 Å². The average Bonchev–Trinajstić information content (AvgIpc) is 2.47. The molecule has 4 nitrogen and oxygen atoms in total. The van der Waals surface area contributed by atoms with Crippen LogP contribution in [0.2, 0.25) is 0 Å².